The summed E-state index contributed by atoms with van der Waals surface area (Å²) in [5.74, 6) is -3.73. The topological polar surface area (TPSA) is 130 Å². The molecule has 0 saturated carbocycles. The van der Waals surface area contributed by atoms with Crippen molar-refractivity contribution in [1.82, 2.24) is 4.98 Å². The number of esters is 1. The van der Waals surface area contributed by atoms with Gasteiger partial charge in [0, 0.05) is 34.7 Å². The van der Waals surface area contributed by atoms with Crippen LogP contribution in [0.3, 0.4) is 0 Å². The van der Waals surface area contributed by atoms with Crippen molar-refractivity contribution in [3.63, 3.8) is 0 Å². The second-order valence-corrected chi connectivity index (χ2v) is 8.25. The van der Waals surface area contributed by atoms with E-state index in [1.807, 2.05) is 24.3 Å². The molecule has 8 nitrogen and oxygen atoms in total. The van der Waals surface area contributed by atoms with Crippen LogP contribution >= 0.6 is 0 Å². The Labute approximate surface area is 204 Å². The molecule has 0 aliphatic rings. The molecule has 3 N–H and O–H groups in total. The van der Waals surface area contributed by atoms with Gasteiger partial charge in [-0.25, -0.2) is 0 Å². The number of fused-ring (bicyclic) bond motifs is 2. The fraction of sp³-hybridized carbons (Fsp3) is 0.107. The summed E-state index contributed by atoms with van der Waals surface area (Å²) in [5.41, 5.74) is 1.01. The van der Waals surface area contributed by atoms with Gasteiger partial charge < -0.3 is 24.5 Å². The number of carbonyl (C=O) groups excluding carboxylic acids is 1. The molecule has 1 atom stereocenters. The highest BCUT2D eigenvalue weighted by Gasteiger charge is 2.32. The summed E-state index contributed by atoms with van der Waals surface area (Å²) in [5, 5.41) is 32.6. The lowest BCUT2D eigenvalue weighted by Gasteiger charge is -2.22. The van der Waals surface area contributed by atoms with Crippen LogP contribution in [0.15, 0.2) is 82.1 Å². The summed E-state index contributed by atoms with van der Waals surface area (Å²) in [6, 6.07) is 19.0. The van der Waals surface area contributed by atoms with E-state index in [0.717, 1.165) is 0 Å². The molecule has 0 aliphatic carbocycles. The molecule has 0 spiro atoms. The van der Waals surface area contributed by atoms with Crippen LogP contribution in [0, 0.1) is 0 Å². The highest BCUT2D eigenvalue weighted by atomic mass is 16.5. The van der Waals surface area contributed by atoms with E-state index in [0.29, 0.717) is 22.0 Å². The largest absolute Gasteiger partial charge is 0.504 e. The maximum absolute atomic E-state index is 13.1. The van der Waals surface area contributed by atoms with Crippen LogP contribution in [0.4, 0.5) is 0 Å². The zero-order chi connectivity index (χ0) is 25.4. The Morgan fingerprint density at radius 2 is 1.69 bits per heavy atom. The molecule has 3 aromatic carbocycles. The quantitative estimate of drug-likeness (QED) is 0.240. The maximum Gasteiger partial charge on any atom is 0.306 e. The van der Waals surface area contributed by atoms with E-state index in [1.54, 1.807) is 42.6 Å². The Kier molecular flexibility index (Phi) is 5.77. The van der Waals surface area contributed by atoms with Crippen LogP contribution in [0.1, 0.15) is 23.5 Å². The van der Waals surface area contributed by atoms with E-state index in [1.165, 1.54) is 13.2 Å². The molecule has 0 amide bonds. The minimum Gasteiger partial charge on any atom is -0.504 e. The number of phenolic OH excluding ortho intramolecular Hbond substituents is 3. The average Bonchev–Trinajstić information content (AvgIpc) is 2.91. The molecule has 1 unspecified atom stereocenters. The lowest BCUT2D eigenvalue weighted by Crippen LogP contribution is -2.13. The van der Waals surface area contributed by atoms with Gasteiger partial charge in [-0.15, -0.1) is 0 Å². The van der Waals surface area contributed by atoms with Crippen LogP contribution < -0.4 is 5.43 Å². The van der Waals surface area contributed by atoms with Crippen molar-refractivity contribution < 1.29 is 29.3 Å². The summed E-state index contributed by atoms with van der Waals surface area (Å²) in [7, 11) is 1.24. The molecule has 0 radical (unpaired) electrons. The summed E-state index contributed by atoms with van der Waals surface area (Å²) in [4.78, 5) is 30.0. The van der Waals surface area contributed by atoms with Crippen molar-refractivity contribution >= 4 is 27.8 Å². The Morgan fingerprint density at radius 1 is 0.972 bits per heavy atom. The third kappa shape index (κ3) is 3.78. The van der Waals surface area contributed by atoms with Crippen molar-refractivity contribution in [2.45, 2.75) is 12.3 Å². The maximum atomic E-state index is 13.1. The summed E-state index contributed by atoms with van der Waals surface area (Å²) < 4.78 is 11.0. The summed E-state index contributed by atoms with van der Waals surface area (Å²) >= 11 is 0. The predicted octanol–water partition coefficient (Wildman–Crippen LogP) is 4.82. The first-order valence-electron chi connectivity index (χ1n) is 11.1. The summed E-state index contributed by atoms with van der Waals surface area (Å²) in [6.07, 6.45) is 1.31. The number of nitrogens with zero attached hydrogens (tertiary/aromatic N) is 1. The highest BCUT2D eigenvalue weighted by molar-refractivity contribution is 5.95. The molecule has 0 bridgehead atoms. The molecule has 8 heteroatoms. The van der Waals surface area contributed by atoms with E-state index < -0.39 is 34.6 Å². The second-order valence-electron chi connectivity index (χ2n) is 8.25. The van der Waals surface area contributed by atoms with E-state index in [2.05, 4.69) is 4.98 Å². The van der Waals surface area contributed by atoms with Gasteiger partial charge in [-0.2, -0.15) is 0 Å². The predicted molar refractivity (Wildman–Crippen MR) is 133 cm³/mol. The Hall–Kier alpha value is -4.85. The number of phenols is 3. The number of hydrogen-bond acceptors (Lipinski definition) is 8. The third-order valence-electron chi connectivity index (χ3n) is 6.20. The zero-order valence-corrected chi connectivity index (χ0v) is 19.1. The normalized spacial score (nSPS) is 12.0. The third-order valence-corrected chi connectivity index (χ3v) is 6.20. The first kappa shape index (κ1) is 22.9. The van der Waals surface area contributed by atoms with Gasteiger partial charge in [-0.3, -0.25) is 14.6 Å². The lowest BCUT2D eigenvalue weighted by atomic mass is 9.84. The number of rotatable bonds is 5. The molecule has 0 saturated heterocycles. The van der Waals surface area contributed by atoms with Gasteiger partial charge >= 0.3 is 5.97 Å². The molecule has 5 aromatic rings. The summed E-state index contributed by atoms with van der Waals surface area (Å²) in [6.45, 7) is 0. The number of para-hydroxylation sites is 1. The van der Waals surface area contributed by atoms with Crippen LogP contribution in [0.5, 0.6) is 17.2 Å². The van der Waals surface area contributed by atoms with Gasteiger partial charge in [0.25, 0.3) is 0 Å². The smallest absolute Gasteiger partial charge is 0.306 e. The Morgan fingerprint density at radius 3 is 2.44 bits per heavy atom. The van der Waals surface area contributed by atoms with Crippen molar-refractivity contribution in [3.05, 3.63) is 94.3 Å². The molecule has 0 fully saturated rings. The fourth-order valence-corrected chi connectivity index (χ4v) is 4.48. The highest BCUT2D eigenvalue weighted by Crippen LogP contribution is 2.50. The molecule has 2 heterocycles. The van der Waals surface area contributed by atoms with E-state index in [-0.39, 0.29) is 28.7 Å². The number of methoxy groups -OCH3 is 1. The molecule has 180 valence electrons. The minimum absolute atomic E-state index is 0.0306. The van der Waals surface area contributed by atoms with Gasteiger partial charge in [0.1, 0.15) is 16.7 Å². The monoisotopic (exact) mass is 483 g/mol. The number of hydrogen-bond donors (Lipinski definition) is 3. The molecular weight excluding hydrogens is 462 g/mol. The van der Waals surface area contributed by atoms with Gasteiger partial charge in [0.15, 0.2) is 16.9 Å². The molecule has 0 aliphatic heterocycles. The molecular formula is C28H21NO7. The Bertz CT molecular complexity index is 1670. The number of pyridine rings is 1. The SMILES string of the molecule is COC(=O)CC(c1ccnc2ccccc12)c1c(O)c(O)c(O)c2c(=O)cc(-c3ccccc3)oc12. The first-order chi connectivity index (χ1) is 17.4. The lowest BCUT2D eigenvalue weighted by molar-refractivity contribution is -0.140. The number of aromatic nitrogens is 1. The van der Waals surface area contributed by atoms with Crippen molar-refractivity contribution in [2.75, 3.05) is 7.11 Å². The van der Waals surface area contributed by atoms with Crippen molar-refractivity contribution in [1.29, 1.82) is 0 Å². The van der Waals surface area contributed by atoms with Crippen LogP contribution in [-0.4, -0.2) is 33.4 Å². The van der Waals surface area contributed by atoms with Crippen LogP contribution in [0.25, 0.3) is 33.2 Å². The molecule has 5 rings (SSSR count). The van der Waals surface area contributed by atoms with Crippen LogP contribution in [-0.2, 0) is 9.53 Å². The second kappa shape index (κ2) is 9.07. The minimum atomic E-state index is -0.923. The van der Waals surface area contributed by atoms with Crippen molar-refractivity contribution in [3.8, 4) is 28.6 Å². The van der Waals surface area contributed by atoms with Gasteiger partial charge in [-0.05, 0) is 17.7 Å². The van der Waals surface area contributed by atoms with E-state index >= 15 is 0 Å². The number of aromatic hydroxyl groups is 3. The molecule has 2 aromatic heterocycles. The first-order valence-corrected chi connectivity index (χ1v) is 11.1. The standard InChI is InChI=1S/C28H21NO7/c1-35-22(31)13-18(16-11-12-29-19-10-6-5-9-17(16)19)23-25(32)27(34)26(33)24-20(30)14-21(36-28(23)24)15-7-3-2-4-8-15/h2-12,14,18,32-34H,13H2,1H3. The van der Waals surface area contributed by atoms with Gasteiger partial charge in [0.2, 0.25) is 5.75 Å². The molecule has 36 heavy (non-hydrogen) atoms. The zero-order valence-electron chi connectivity index (χ0n) is 19.1. The number of carbonyl (C=O) groups is 1. The fourth-order valence-electron chi connectivity index (χ4n) is 4.48. The average molecular weight is 483 g/mol. The van der Waals surface area contributed by atoms with E-state index in [9.17, 15) is 24.9 Å². The number of benzene rings is 3. The number of ether oxygens (including phenoxy) is 1. The van der Waals surface area contributed by atoms with Gasteiger partial charge in [-0.1, -0.05) is 48.5 Å². The van der Waals surface area contributed by atoms with E-state index in [4.69, 9.17) is 9.15 Å². The van der Waals surface area contributed by atoms with Crippen molar-refractivity contribution in [2.24, 2.45) is 0 Å². The van der Waals surface area contributed by atoms with Crippen LogP contribution in [0.2, 0.25) is 0 Å². The van der Waals surface area contributed by atoms with Gasteiger partial charge in [0.05, 0.1) is 19.0 Å². The Balaban J connectivity index is 1.90.